The molecule has 0 aromatic heterocycles. The summed E-state index contributed by atoms with van der Waals surface area (Å²) in [5.74, 6) is 0.736. The summed E-state index contributed by atoms with van der Waals surface area (Å²) in [5.41, 5.74) is 2.04. The Morgan fingerprint density at radius 2 is 1.71 bits per heavy atom. The van der Waals surface area contributed by atoms with Crippen LogP contribution in [-0.4, -0.2) is 30.4 Å². The fourth-order valence-electron chi connectivity index (χ4n) is 3.55. The summed E-state index contributed by atoms with van der Waals surface area (Å²) in [6, 6.07) is 13.4. The van der Waals surface area contributed by atoms with E-state index < -0.39 is 0 Å². The molecule has 150 valence electrons. The van der Waals surface area contributed by atoms with Crippen LogP contribution >= 0.6 is 34.8 Å². The van der Waals surface area contributed by atoms with Crippen molar-refractivity contribution in [3.8, 4) is 0 Å². The van der Waals surface area contributed by atoms with Crippen molar-refractivity contribution in [2.45, 2.75) is 32.7 Å². The van der Waals surface area contributed by atoms with E-state index >= 15 is 0 Å². The van der Waals surface area contributed by atoms with Crippen molar-refractivity contribution in [2.75, 3.05) is 24.5 Å². The van der Waals surface area contributed by atoms with E-state index in [0.717, 1.165) is 17.7 Å². The summed E-state index contributed by atoms with van der Waals surface area (Å²) in [6.45, 7) is 6.30. The maximum absolute atomic E-state index is 12.7. The highest BCUT2D eigenvalue weighted by atomic mass is 35.5. The maximum Gasteiger partial charge on any atom is 0.222 e. The highest BCUT2D eigenvalue weighted by molar-refractivity contribution is 6.36. The van der Waals surface area contributed by atoms with Crippen molar-refractivity contribution in [1.29, 1.82) is 0 Å². The van der Waals surface area contributed by atoms with Gasteiger partial charge in [-0.25, -0.2) is 0 Å². The monoisotopic (exact) mass is 438 g/mol. The molecular weight excluding hydrogens is 415 g/mol. The van der Waals surface area contributed by atoms with Gasteiger partial charge in [0.05, 0.1) is 16.8 Å². The predicted molar refractivity (Wildman–Crippen MR) is 119 cm³/mol. The van der Waals surface area contributed by atoms with Gasteiger partial charge in [0, 0.05) is 36.1 Å². The summed E-state index contributed by atoms with van der Waals surface area (Å²) < 4.78 is 0. The molecule has 0 N–H and O–H groups in total. The fourth-order valence-corrected chi connectivity index (χ4v) is 4.20. The summed E-state index contributed by atoms with van der Waals surface area (Å²) in [7, 11) is 0. The maximum atomic E-state index is 12.7. The molecule has 0 aliphatic carbocycles. The van der Waals surface area contributed by atoms with Gasteiger partial charge in [0.2, 0.25) is 5.91 Å². The van der Waals surface area contributed by atoms with E-state index in [1.807, 2.05) is 41.3 Å². The quantitative estimate of drug-likeness (QED) is 0.533. The first-order valence-corrected chi connectivity index (χ1v) is 10.7. The molecule has 0 spiro atoms. The van der Waals surface area contributed by atoms with Gasteiger partial charge in [-0.15, -0.1) is 0 Å². The largest absolute Gasteiger partial charge is 0.360 e. The molecule has 1 amide bonds. The average molecular weight is 440 g/mol. The Kier molecular flexibility index (Phi) is 7.14. The molecule has 28 heavy (non-hydrogen) atoms. The Balaban J connectivity index is 1.88. The topological polar surface area (TPSA) is 23.6 Å². The summed E-state index contributed by atoms with van der Waals surface area (Å²) >= 11 is 18.7. The number of benzene rings is 2. The lowest BCUT2D eigenvalue weighted by Gasteiger charge is -2.43. The summed E-state index contributed by atoms with van der Waals surface area (Å²) in [4.78, 5) is 17.0. The normalized spacial score (nSPS) is 17.3. The van der Waals surface area contributed by atoms with Crippen LogP contribution in [0.25, 0.3) is 0 Å². The van der Waals surface area contributed by atoms with Crippen LogP contribution in [0.3, 0.4) is 0 Å². The zero-order valence-electron chi connectivity index (χ0n) is 16.2. The molecule has 0 saturated carbocycles. The molecule has 3 nitrogen and oxygen atoms in total. The average Bonchev–Trinajstić information content (AvgIpc) is 2.66. The first kappa shape index (κ1) is 21.3. The van der Waals surface area contributed by atoms with Gasteiger partial charge in [-0.2, -0.15) is 0 Å². The van der Waals surface area contributed by atoms with E-state index in [4.69, 9.17) is 34.8 Å². The highest BCUT2D eigenvalue weighted by Gasteiger charge is 2.31. The van der Waals surface area contributed by atoms with Gasteiger partial charge in [-0.05, 0) is 48.2 Å². The molecule has 1 saturated heterocycles. The molecule has 6 heteroatoms. The molecule has 1 aliphatic heterocycles. The molecule has 0 radical (unpaired) electrons. The van der Waals surface area contributed by atoms with E-state index in [1.54, 1.807) is 6.07 Å². The summed E-state index contributed by atoms with van der Waals surface area (Å²) in [6.07, 6.45) is 1.50. The number of hydrogen-bond donors (Lipinski definition) is 0. The minimum Gasteiger partial charge on any atom is -0.360 e. The van der Waals surface area contributed by atoms with E-state index in [-0.39, 0.29) is 11.9 Å². The third-order valence-electron chi connectivity index (χ3n) is 5.14. The molecule has 0 unspecified atom stereocenters. The van der Waals surface area contributed by atoms with Crippen LogP contribution < -0.4 is 4.90 Å². The molecule has 1 atom stereocenters. The predicted octanol–water partition coefficient (Wildman–Crippen LogP) is 6.47. The zero-order chi connectivity index (χ0) is 20.3. The number of hydrogen-bond acceptors (Lipinski definition) is 2. The number of nitrogens with zero attached hydrogens (tertiary/aromatic N) is 2. The van der Waals surface area contributed by atoms with Crippen LogP contribution in [0.5, 0.6) is 0 Å². The van der Waals surface area contributed by atoms with Crippen LogP contribution in [0.15, 0.2) is 42.5 Å². The first-order chi connectivity index (χ1) is 13.3. The van der Waals surface area contributed by atoms with Crippen molar-refractivity contribution >= 4 is 46.4 Å². The lowest BCUT2D eigenvalue weighted by atomic mass is 10.0. The van der Waals surface area contributed by atoms with Crippen molar-refractivity contribution in [1.82, 2.24) is 4.90 Å². The third-order valence-corrected chi connectivity index (χ3v) is 5.93. The SMILES string of the molecule is CC(C)CCC(=O)N1CCN(c2ccc(Cl)cc2Cl)[C@H](c2ccc(Cl)cc2)C1. The molecule has 3 rings (SSSR count). The molecule has 1 aliphatic rings. The van der Waals surface area contributed by atoms with Crippen LogP contribution in [0, 0.1) is 5.92 Å². The highest BCUT2D eigenvalue weighted by Crippen LogP contribution is 2.37. The van der Waals surface area contributed by atoms with Gasteiger partial charge in [0.25, 0.3) is 0 Å². The number of amides is 1. The van der Waals surface area contributed by atoms with E-state index in [1.165, 1.54) is 0 Å². The number of piperazine rings is 1. The van der Waals surface area contributed by atoms with Crippen molar-refractivity contribution in [2.24, 2.45) is 5.92 Å². The van der Waals surface area contributed by atoms with Gasteiger partial charge in [-0.1, -0.05) is 60.8 Å². The number of carbonyl (C=O) groups is 1. The van der Waals surface area contributed by atoms with Crippen molar-refractivity contribution in [3.63, 3.8) is 0 Å². The minimum atomic E-state index is 0.00712. The molecule has 0 bridgehead atoms. The zero-order valence-corrected chi connectivity index (χ0v) is 18.4. The first-order valence-electron chi connectivity index (χ1n) is 9.60. The lowest BCUT2D eigenvalue weighted by Crippen LogP contribution is -2.50. The van der Waals surface area contributed by atoms with Crippen LogP contribution in [-0.2, 0) is 4.79 Å². The molecule has 2 aromatic carbocycles. The van der Waals surface area contributed by atoms with Crippen molar-refractivity contribution < 1.29 is 4.79 Å². The fraction of sp³-hybridized carbons (Fsp3) is 0.409. The summed E-state index contributed by atoms with van der Waals surface area (Å²) in [5, 5.41) is 1.92. The van der Waals surface area contributed by atoms with Gasteiger partial charge in [-0.3, -0.25) is 4.79 Å². The number of carbonyl (C=O) groups excluding carboxylic acids is 1. The van der Waals surface area contributed by atoms with E-state index in [9.17, 15) is 4.79 Å². The van der Waals surface area contributed by atoms with Crippen molar-refractivity contribution in [3.05, 3.63) is 63.1 Å². The second kappa shape index (κ2) is 9.39. The Hall–Kier alpha value is -1.42. The second-order valence-electron chi connectivity index (χ2n) is 7.63. The second-order valence-corrected chi connectivity index (χ2v) is 8.91. The van der Waals surface area contributed by atoms with Gasteiger partial charge in [0.1, 0.15) is 0 Å². The molecular formula is C22H25Cl3N2O. The Labute approximate surface area is 182 Å². The third kappa shape index (κ3) is 5.14. The van der Waals surface area contributed by atoms with Gasteiger partial charge < -0.3 is 9.80 Å². The molecule has 1 heterocycles. The van der Waals surface area contributed by atoms with E-state index in [2.05, 4.69) is 18.7 Å². The van der Waals surface area contributed by atoms with Crippen LogP contribution in [0.4, 0.5) is 5.69 Å². The molecule has 2 aromatic rings. The number of anilines is 1. The molecule has 1 fully saturated rings. The smallest absolute Gasteiger partial charge is 0.222 e. The number of halogens is 3. The Morgan fingerprint density at radius 3 is 2.36 bits per heavy atom. The van der Waals surface area contributed by atoms with Crippen LogP contribution in [0.1, 0.15) is 38.3 Å². The minimum absolute atomic E-state index is 0.00712. The Morgan fingerprint density at radius 1 is 1.04 bits per heavy atom. The van der Waals surface area contributed by atoms with Gasteiger partial charge in [0.15, 0.2) is 0 Å². The van der Waals surface area contributed by atoms with Gasteiger partial charge >= 0.3 is 0 Å². The Bertz CT molecular complexity index is 823. The lowest BCUT2D eigenvalue weighted by molar-refractivity contribution is -0.132. The van der Waals surface area contributed by atoms with E-state index in [0.29, 0.717) is 47.0 Å². The number of rotatable bonds is 5. The standard InChI is InChI=1S/C22H25Cl3N2O/c1-15(2)3-10-22(28)26-11-12-27(20-9-8-18(24)13-19(20)25)21(14-26)16-4-6-17(23)7-5-16/h4-9,13,15,21H,3,10-12,14H2,1-2H3/t21-/m0/s1. The van der Waals surface area contributed by atoms with Crippen LogP contribution in [0.2, 0.25) is 15.1 Å².